The van der Waals surface area contributed by atoms with Crippen LogP contribution >= 0.6 is 23.2 Å². The van der Waals surface area contributed by atoms with Crippen molar-refractivity contribution < 1.29 is 122 Å². The average molecular weight is 1680 g/mol. The Labute approximate surface area is 685 Å². The number of nitrogens with two attached hydrogens (primary N) is 2. The second-order valence-corrected chi connectivity index (χ2v) is 30.8. The molecule has 0 aromatic heterocycles. The van der Waals surface area contributed by atoms with E-state index in [0.717, 1.165) is 73.5 Å². The van der Waals surface area contributed by atoms with Gasteiger partial charge < -0.3 is 138 Å². The zero-order chi connectivity index (χ0) is 85.5. The number of likely N-dealkylation sites (N-methyl/N-ethyl adjacent to an activating group) is 1. The minimum Gasteiger partial charge on any atom is -0.508 e. The van der Waals surface area contributed by atoms with Crippen LogP contribution in [-0.4, -0.2) is 211 Å². The van der Waals surface area contributed by atoms with Crippen LogP contribution in [0.4, 0.5) is 0 Å². The predicted octanol–water partition coefficient (Wildman–Crippen LogP) is 2.14. The lowest BCUT2D eigenvalue weighted by Crippen LogP contribution is -2.64. The molecule has 118 heavy (non-hydrogen) atoms. The van der Waals surface area contributed by atoms with Crippen LogP contribution in [-0.2, 0) is 52.6 Å². The Morgan fingerprint density at radius 3 is 1.93 bits per heavy atom. The lowest BCUT2D eigenvalue weighted by molar-refractivity contribution is -0.333. The normalized spacial score (nSPS) is 26.8. The molecule has 36 nitrogen and oxygen atoms in total. The Morgan fingerprint density at radius 1 is 0.686 bits per heavy atom. The van der Waals surface area contributed by atoms with E-state index in [1.807, 2.05) is 20.8 Å². The third kappa shape index (κ3) is 20.2. The van der Waals surface area contributed by atoms with Crippen molar-refractivity contribution in [2.24, 2.45) is 17.4 Å². The highest BCUT2D eigenvalue weighted by Crippen LogP contribution is 2.50. The van der Waals surface area contributed by atoms with Gasteiger partial charge in [0.1, 0.15) is 101 Å². The van der Waals surface area contributed by atoms with E-state index in [1.54, 1.807) is 24.3 Å². The number of primary amides is 1. The molecule has 2 fully saturated rings. The molecule has 11 bridgehead atoms. The summed E-state index contributed by atoms with van der Waals surface area (Å²) < 4.78 is 44.4. The number of carbonyl (C=O) groups excluding carboxylic acids is 9. The minimum absolute atomic E-state index is 0.00621. The molecule has 7 aliphatic heterocycles. The Kier molecular flexibility index (Phi) is 28.3. The quantitative estimate of drug-likeness (QED) is 0.0433. The first-order valence-corrected chi connectivity index (χ1v) is 38.8. The molecule has 9 amide bonds. The van der Waals surface area contributed by atoms with Gasteiger partial charge >= 0.3 is 0 Å². The Balaban J connectivity index is 1.08. The molecule has 38 heteroatoms. The number of unbranched alkanes of at least 4 members (excludes halogenated alkanes) is 1. The van der Waals surface area contributed by atoms with Gasteiger partial charge in [-0.1, -0.05) is 68.6 Å². The largest absolute Gasteiger partial charge is 0.508 e. The number of aliphatic hydroxyl groups excluding tert-OH is 6. The molecule has 6 aromatic rings. The third-order valence-corrected chi connectivity index (χ3v) is 21.2. The summed E-state index contributed by atoms with van der Waals surface area (Å²) in [5.41, 5.74) is 8.71. The fraction of sp³-hybridized carbons (Fsp3) is 0.438. The number of hydrogen-bond donors (Lipinski definition) is 20. The lowest BCUT2D eigenvalue weighted by atomic mass is 9.86. The van der Waals surface area contributed by atoms with Gasteiger partial charge in [-0.2, -0.15) is 0 Å². The molecule has 2 saturated heterocycles. The highest BCUT2D eigenvalue weighted by molar-refractivity contribution is 6.32. The van der Waals surface area contributed by atoms with Gasteiger partial charge in [-0.3, -0.25) is 43.2 Å². The maximum absolute atomic E-state index is 16.3. The average Bonchev–Trinajstić information content (AvgIpc) is 0.760. The first kappa shape index (κ1) is 88.1. The number of phenols is 3. The number of aromatic hydroxyl groups is 3. The highest BCUT2D eigenvalue weighted by Gasteiger charge is 2.52. The van der Waals surface area contributed by atoms with Crippen molar-refractivity contribution >= 4 is 76.4 Å². The summed E-state index contributed by atoms with van der Waals surface area (Å²) in [7, 11) is 1.48. The fourth-order valence-corrected chi connectivity index (χ4v) is 14.7. The molecule has 3 unspecified atom stereocenters. The maximum Gasteiger partial charge on any atom is 0.251 e. The van der Waals surface area contributed by atoms with Crippen LogP contribution in [0.1, 0.15) is 142 Å². The number of halogens is 2. The lowest BCUT2D eigenvalue weighted by Gasteiger charge is -2.47. The van der Waals surface area contributed by atoms with Crippen molar-refractivity contribution in [2.45, 2.75) is 182 Å². The van der Waals surface area contributed by atoms with E-state index in [0.29, 0.717) is 17.9 Å². The number of rotatable bonds is 22. The topological polar surface area (TPSA) is 561 Å². The zero-order valence-electron chi connectivity index (χ0n) is 64.7. The first-order valence-electron chi connectivity index (χ1n) is 38.1. The number of carbonyl (C=O) groups is 9. The molecular formula is C80H95Cl2N11O25. The summed E-state index contributed by atoms with van der Waals surface area (Å²) in [5, 5.41) is 128. The van der Waals surface area contributed by atoms with Crippen LogP contribution in [0, 0.1) is 5.92 Å². The standard InChI is InChI=1S/C80H95Cl2N11O25/c1-7-8-22-112-42-15-10-36(11-16-42)71(104)86-20-9-21-87-74(107)61-44-29-41(95)30-50(97)58(44)43-24-37(12-17-49(43)96)59-75(108)93-63(78(111)91-61)65(100)39-14-19-52(46(82)26-39)115-54-28-40-27-53(68(54)118-79-69(67(102)66(101)55(33-94)116-79)117-57-32-80(5,84)70(103)35(4)113-57)114-51-18-13-38(25-45(51)81)64(99)62(92-72(105)47(85-6)23-34(2)3)77(110)88-48(31-56(83)98)73(106)89-60(40)76(109)90-59/h10-19,24-30,34-35,47-48,55,57,59-67,69-70,79,85,94-97,99-103H,7-9,20-23,31-33,84H2,1-6H3,(H2,83,98)(H,86,104)(H,87,107)(H,88,110)(H,89,106)(H,90,109)(H,91,111)(H,92,105)(H,93,108)/t35-,47+,48-,55+,57?,59+,60?,61?,62+,63-,64+,65+,66+,67-,69+,70+,79-,80-/m0/s1. The molecule has 18 atom stereocenters. The molecule has 0 aliphatic carbocycles. The van der Waals surface area contributed by atoms with Gasteiger partial charge in [0.05, 0.1) is 47.9 Å². The number of phenolic OH excluding ortho intramolecular Hbond substituents is 3. The predicted molar refractivity (Wildman–Crippen MR) is 418 cm³/mol. The van der Waals surface area contributed by atoms with E-state index in [1.165, 1.54) is 39.1 Å². The molecule has 13 rings (SSSR count). The van der Waals surface area contributed by atoms with Gasteiger partial charge in [0.2, 0.25) is 59.3 Å². The van der Waals surface area contributed by atoms with Crippen LogP contribution in [0.5, 0.6) is 51.7 Å². The van der Waals surface area contributed by atoms with Gasteiger partial charge in [-0.15, -0.1) is 0 Å². The summed E-state index contributed by atoms with van der Waals surface area (Å²) in [6.45, 7) is 7.96. The third-order valence-electron chi connectivity index (χ3n) is 20.6. The van der Waals surface area contributed by atoms with Crippen molar-refractivity contribution in [2.75, 3.05) is 33.4 Å². The van der Waals surface area contributed by atoms with Crippen LogP contribution < -0.4 is 78.3 Å². The molecular weight excluding hydrogens is 1590 g/mol. The molecule has 6 aromatic carbocycles. The SMILES string of the molecule is CCCCOc1ccc(C(=O)NCCCNC(=O)C2NC(=O)[C@H]3NC(=O)[C@H](NC(=O)C4NC(=O)[C@H](CC(N)=O)NC(=O)[C@H](NC(=O)[C@@H](CC(C)C)NC)[C@H](O)c5ccc(c(Cl)c5)Oc5cc4cc(c5O[C@@H]4O[C@H](CO)[C@@H](O)[C@H](O)[C@H]4OC4C[C@](C)(N)[C@H](O)[C@H](C)O4)Oc4ccc(cc4Cl)[C@H]3O)c3ccc(O)c(c3)-c3c(O)cc(O)cc32)cc1. The summed E-state index contributed by atoms with van der Waals surface area (Å²) in [4.78, 5) is 134. The van der Waals surface area contributed by atoms with E-state index in [-0.39, 0.29) is 65.7 Å². The Morgan fingerprint density at radius 2 is 1.31 bits per heavy atom. The van der Waals surface area contributed by atoms with E-state index in [4.69, 9.17) is 67.8 Å². The van der Waals surface area contributed by atoms with E-state index < -0.39 is 243 Å². The van der Waals surface area contributed by atoms with Gasteiger partial charge in [0.15, 0.2) is 23.9 Å². The summed E-state index contributed by atoms with van der Waals surface area (Å²) in [5.74, 6) is -14.9. The number of nitrogens with one attached hydrogen (secondary N) is 9. The van der Waals surface area contributed by atoms with Gasteiger partial charge in [-0.25, -0.2) is 0 Å². The molecule has 634 valence electrons. The van der Waals surface area contributed by atoms with Gasteiger partial charge in [-0.05, 0) is 153 Å². The number of benzene rings is 6. The molecule has 7 heterocycles. The van der Waals surface area contributed by atoms with Gasteiger partial charge in [0.25, 0.3) is 5.91 Å². The summed E-state index contributed by atoms with van der Waals surface area (Å²) in [6, 6.07) is 6.39. The van der Waals surface area contributed by atoms with Crippen LogP contribution in [0.3, 0.4) is 0 Å². The van der Waals surface area contributed by atoms with E-state index in [9.17, 15) is 69.9 Å². The van der Waals surface area contributed by atoms with Crippen molar-refractivity contribution in [3.8, 4) is 62.9 Å². The fourth-order valence-electron chi connectivity index (χ4n) is 14.2. The number of hydrogen-bond acceptors (Lipinski definition) is 27. The Hall–Kier alpha value is -10.7. The van der Waals surface area contributed by atoms with Crippen LogP contribution in [0.15, 0.2) is 103 Å². The number of aliphatic hydroxyl groups is 6. The second kappa shape index (κ2) is 37.9. The van der Waals surface area contributed by atoms with E-state index >= 15 is 19.2 Å². The summed E-state index contributed by atoms with van der Waals surface area (Å²) in [6.07, 6.45) is -16.9. The van der Waals surface area contributed by atoms with Crippen molar-refractivity contribution in [3.63, 3.8) is 0 Å². The first-order chi connectivity index (χ1) is 56.1. The molecule has 7 aliphatic rings. The van der Waals surface area contributed by atoms with Gasteiger partial charge in [0, 0.05) is 47.8 Å². The summed E-state index contributed by atoms with van der Waals surface area (Å²) >= 11 is 14.3. The molecule has 22 N–H and O–H groups in total. The second-order valence-electron chi connectivity index (χ2n) is 30.0. The number of amides is 9. The van der Waals surface area contributed by atoms with Crippen LogP contribution in [0.2, 0.25) is 10.0 Å². The van der Waals surface area contributed by atoms with Crippen molar-refractivity contribution in [1.29, 1.82) is 0 Å². The zero-order valence-corrected chi connectivity index (χ0v) is 66.3. The van der Waals surface area contributed by atoms with Crippen molar-refractivity contribution in [1.82, 2.24) is 47.9 Å². The van der Waals surface area contributed by atoms with Crippen LogP contribution in [0.25, 0.3) is 11.1 Å². The molecule has 0 saturated carbocycles. The monoisotopic (exact) mass is 1680 g/mol. The van der Waals surface area contributed by atoms with Crippen molar-refractivity contribution in [3.05, 3.63) is 147 Å². The smallest absolute Gasteiger partial charge is 0.251 e. The number of ether oxygens (including phenoxy) is 7. The number of fused-ring (bicyclic) bond motifs is 15. The Bertz CT molecular complexity index is 4760. The minimum atomic E-state index is -2.36. The molecule has 0 radical (unpaired) electrons. The molecule has 0 spiro atoms. The maximum atomic E-state index is 16.3. The highest BCUT2D eigenvalue weighted by atomic mass is 35.5. The van der Waals surface area contributed by atoms with E-state index in [2.05, 4.69) is 47.9 Å².